The second-order valence-corrected chi connectivity index (χ2v) is 5.23. The molecule has 0 bridgehead atoms. The smallest absolute Gasteiger partial charge is 0.231 e. The van der Waals surface area contributed by atoms with Crippen LogP contribution in [0.3, 0.4) is 0 Å². The predicted molar refractivity (Wildman–Crippen MR) is 81.9 cm³/mol. The number of hydrogen-bond acceptors (Lipinski definition) is 7. The van der Waals surface area contributed by atoms with Crippen molar-refractivity contribution in [3.8, 4) is 0 Å². The Kier molecular flexibility index (Phi) is 6.91. The zero-order valence-corrected chi connectivity index (χ0v) is 12.8. The van der Waals surface area contributed by atoms with E-state index in [-0.39, 0.29) is 11.9 Å². The van der Waals surface area contributed by atoms with Crippen LogP contribution in [0.5, 0.6) is 0 Å². The topological polar surface area (TPSA) is 83.4 Å². The number of piperidine rings is 1. The van der Waals surface area contributed by atoms with E-state index in [0.29, 0.717) is 31.7 Å². The molecule has 21 heavy (non-hydrogen) atoms. The molecule has 2 rings (SSSR count). The van der Waals surface area contributed by atoms with Crippen LogP contribution in [-0.4, -0.2) is 59.5 Å². The van der Waals surface area contributed by atoms with Crippen LogP contribution in [0.25, 0.3) is 0 Å². The largest absolute Gasteiger partial charge is 0.394 e. The SMILES string of the molecule is OCCOCCCNc1nc(Cl)nc(N2CCCCC2)n1. The number of rotatable bonds is 8. The molecule has 0 aromatic carbocycles. The summed E-state index contributed by atoms with van der Waals surface area (Å²) in [6.07, 6.45) is 4.39. The molecule has 2 N–H and O–H groups in total. The number of halogens is 1. The number of hydrogen-bond donors (Lipinski definition) is 2. The lowest BCUT2D eigenvalue weighted by atomic mass is 10.1. The molecule has 0 unspecified atom stereocenters. The quantitative estimate of drug-likeness (QED) is 0.700. The lowest BCUT2D eigenvalue weighted by Crippen LogP contribution is -2.31. The number of aliphatic hydroxyl groups is 1. The van der Waals surface area contributed by atoms with Gasteiger partial charge in [-0.15, -0.1) is 0 Å². The van der Waals surface area contributed by atoms with E-state index in [0.717, 1.165) is 32.4 Å². The van der Waals surface area contributed by atoms with Gasteiger partial charge in [0, 0.05) is 26.2 Å². The van der Waals surface area contributed by atoms with Gasteiger partial charge in [-0.05, 0) is 37.3 Å². The van der Waals surface area contributed by atoms with E-state index in [1.54, 1.807) is 0 Å². The second kappa shape index (κ2) is 8.96. The third-order valence-corrected chi connectivity index (χ3v) is 3.39. The van der Waals surface area contributed by atoms with Crippen molar-refractivity contribution < 1.29 is 9.84 Å². The average Bonchev–Trinajstić information content (AvgIpc) is 2.51. The van der Waals surface area contributed by atoms with Gasteiger partial charge in [-0.1, -0.05) is 0 Å². The fourth-order valence-electron chi connectivity index (χ4n) is 2.20. The van der Waals surface area contributed by atoms with Crippen LogP contribution in [0.1, 0.15) is 25.7 Å². The molecule has 0 spiro atoms. The maximum Gasteiger partial charge on any atom is 0.231 e. The Morgan fingerprint density at radius 3 is 2.71 bits per heavy atom. The lowest BCUT2D eigenvalue weighted by Gasteiger charge is -2.26. The molecule has 0 radical (unpaired) electrons. The summed E-state index contributed by atoms with van der Waals surface area (Å²) in [6, 6.07) is 0. The van der Waals surface area contributed by atoms with E-state index in [9.17, 15) is 0 Å². The molecule has 1 fully saturated rings. The molecule has 7 nitrogen and oxygen atoms in total. The van der Waals surface area contributed by atoms with E-state index in [4.69, 9.17) is 21.4 Å². The van der Waals surface area contributed by atoms with Crippen LogP contribution in [0, 0.1) is 0 Å². The fraction of sp³-hybridized carbons (Fsp3) is 0.769. The minimum Gasteiger partial charge on any atom is -0.394 e. The zero-order valence-electron chi connectivity index (χ0n) is 12.1. The molecule has 0 atom stereocenters. The van der Waals surface area contributed by atoms with Crippen LogP contribution < -0.4 is 10.2 Å². The molecule has 0 amide bonds. The molecule has 1 saturated heterocycles. The number of anilines is 2. The summed E-state index contributed by atoms with van der Waals surface area (Å²) in [6.45, 7) is 3.63. The molecule has 2 heterocycles. The molecule has 118 valence electrons. The van der Waals surface area contributed by atoms with E-state index < -0.39 is 0 Å². The van der Waals surface area contributed by atoms with Gasteiger partial charge >= 0.3 is 0 Å². The van der Waals surface area contributed by atoms with E-state index >= 15 is 0 Å². The first-order valence-electron chi connectivity index (χ1n) is 7.38. The fourth-order valence-corrected chi connectivity index (χ4v) is 2.35. The minimum absolute atomic E-state index is 0.0513. The number of aliphatic hydroxyl groups excluding tert-OH is 1. The van der Waals surface area contributed by atoms with Crippen LogP contribution in [0.2, 0.25) is 5.28 Å². The molecule has 1 aromatic rings. The molecule has 1 aromatic heterocycles. The van der Waals surface area contributed by atoms with Crippen molar-refractivity contribution in [1.82, 2.24) is 15.0 Å². The Hall–Kier alpha value is -1.18. The summed E-state index contributed by atoms with van der Waals surface area (Å²) in [5.74, 6) is 1.14. The summed E-state index contributed by atoms with van der Waals surface area (Å²) >= 11 is 5.97. The maximum absolute atomic E-state index is 8.60. The minimum atomic E-state index is 0.0513. The third-order valence-electron chi connectivity index (χ3n) is 3.22. The summed E-state index contributed by atoms with van der Waals surface area (Å²) in [5.41, 5.74) is 0. The molecule has 0 saturated carbocycles. The number of ether oxygens (including phenoxy) is 1. The van der Waals surface area contributed by atoms with Crippen LogP contribution in [0.4, 0.5) is 11.9 Å². The molecule has 0 aliphatic carbocycles. The number of aromatic nitrogens is 3. The van der Waals surface area contributed by atoms with E-state index in [1.165, 1.54) is 6.42 Å². The molecular weight excluding hydrogens is 294 g/mol. The Morgan fingerprint density at radius 1 is 1.14 bits per heavy atom. The highest BCUT2D eigenvalue weighted by atomic mass is 35.5. The summed E-state index contributed by atoms with van der Waals surface area (Å²) in [4.78, 5) is 14.9. The third kappa shape index (κ3) is 5.61. The summed E-state index contributed by atoms with van der Waals surface area (Å²) < 4.78 is 5.19. The van der Waals surface area contributed by atoms with Gasteiger partial charge < -0.3 is 20.1 Å². The Balaban J connectivity index is 1.83. The maximum atomic E-state index is 8.60. The monoisotopic (exact) mass is 315 g/mol. The standard InChI is InChI=1S/C13H22ClN5O2/c14-11-16-12(15-5-4-9-21-10-8-20)18-13(17-11)19-6-2-1-3-7-19/h20H,1-10H2,(H,15,16,17,18). The molecule has 8 heteroatoms. The lowest BCUT2D eigenvalue weighted by molar-refractivity contribution is 0.0921. The molecule has 1 aliphatic heterocycles. The first-order chi connectivity index (χ1) is 10.3. The molecular formula is C13H22ClN5O2. The van der Waals surface area contributed by atoms with Crippen LogP contribution in [-0.2, 0) is 4.74 Å². The van der Waals surface area contributed by atoms with Gasteiger partial charge in [0.2, 0.25) is 17.2 Å². The normalized spacial score (nSPS) is 15.2. The summed E-state index contributed by atoms with van der Waals surface area (Å²) in [7, 11) is 0. The zero-order chi connectivity index (χ0) is 14.9. The average molecular weight is 316 g/mol. The van der Waals surface area contributed by atoms with Gasteiger partial charge in [0.1, 0.15) is 0 Å². The molecule has 1 aliphatic rings. The Labute approximate surface area is 129 Å². The van der Waals surface area contributed by atoms with Gasteiger partial charge in [0.05, 0.1) is 13.2 Å². The number of nitrogens with one attached hydrogen (secondary N) is 1. The van der Waals surface area contributed by atoms with Crippen molar-refractivity contribution in [2.75, 3.05) is 49.7 Å². The van der Waals surface area contributed by atoms with Crippen LogP contribution in [0.15, 0.2) is 0 Å². The van der Waals surface area contributed by atoms with Crippen molar-refractivity contribution in [1.29, 1.82) is 0 Å². The van der Waals surface area contributed by atoms with E-state index in [2.05, 4.69) is 25.2 Å². The predicted octanol–water partition coefficient (Wildman–Crippen LogP) is 1.33. The van der Waals surface area contributed by atoms with Crippen molar-refractivity contribution in [3.63, 3.8) is 0 Å². The first kappa shape index (κ1) is 16.2. The van der Waals surface area contributed by atoms with Gasteiger partial charge in [0.25, 0.3) is 0 Å². The van der Waals surface area contributed by atoms with E-state index in [1.807, 2.05) is 0 Å². The van der Waals surface area contributed by atoms with Crippen molar-refractivity contribution in [3.05, 3.63) is 5.28 Å². The van der Waals surface area contributed by atoms with Gasteiger partial charge in [-0.3, -0.25) is 0 Å². The Bertz CT molecular complexity index is 429. The van der Waals surface area contributed by atoms with Crippen molar-refractivity contribution in [2.45, 2.75) is 25.7 Å². The number of nitrogens with zero attached hydrogens (tertiary/aromatic N) is 4. The first-order valence-corrected chi connectivity index (χ1v) is 7.76. The van der Waals surface area contributed by atoms with Crippen molar-refractivity contribution in [2.24, 2.45) is 0 Å². The van der Waals surface area contributed by atoms with Gasteiger partial charge in [0.15, 0.2) is 0 Å². The second-order valence-electron chi connectivity index (χ2n) is 4.89. The summed E-state index contributed by atoms with van der Waals surface area (Å²) in [5, 5.41) is 11.9. The Morgan fingerprint density at radius 2 is 1.95 bits per heavy atom. The van der Waals surface area contributed by atoms with Crippen molar-refractivity contribution >= 4 is 23.5 Å². The van der Waals surface area contributed by atoms with Crippen LogP contribution >= 0.6 is 11.6 Å². The highest BCUT2D eigenvalue weighted by Crippen LogP contribution is 2.18. The van der Waals surface area contributed by atoms with Gasteiger partial charge in [-0.25, -0.2) is 0 Å². The highest BCUT2D eigenvalue weighted by molar-refractivity contribution is 6.28. The highest BCUT2D eigenvalue weighted by Gasteiger charge is 2.15. The van der Waals surface area contributed by atoms with Gasteiger partial charge in [-0.2, -0.15) is 15.0 Å².